The molecule has 0 aliphatic carbocycles. The van der Waals surface area contributed by atoms with Gasteiger partial charge in [-0.1, -0.05) is 42.2 Å². The number of hydrogen-bond acceptors (Lipinski definition) is 5. The molecule has 2 heterocycles. The molecule has 0 bridgehead atoms. The molecule has 2 unspecified atom stereocenters. The van der Waals surface area contributed by atoms with Gasteiger partial charge >= 0.3 is 6.18 Å². The Morgan fingerprint density at radius 3 is 2.53 bits per heavy atom. The minimum atomic E-state index is -4.61. The number of benzene rings is 2. The summed E-state index contributed by atoms with van der Waals surface area (Å²) in [5.41, 5.74) is 0.223. The zero-order chi connectivity index (χ0) is 27.0. The largest absolute Gasteiger partial charge is 0.416 e. The van der Waals surface area contributed by atoms with E-state index < -0.39 is 23.8 Å². The number of halogens is 4. The Morgan fingerprint density at radius 1 is 1.03 bits per heavy atom. The summed E-state index contributed by atoms with van der Waals surface area (Å²) >= 11 is 0. The molecule has 206 valence electrons. The molecule has 2 aliphatic heterocycles. The van der Waals surface area contributed by atoms with Crippen molar-refractivity contribution in [2.45, 2.75) is 43.8 Å². The van der Waals surface area contributed by atoms with Gasteiger partial charge in [-0.2, -0.15) is 13.2 Å². The number of nitrogens with zero attached hydrogens (tertiary/aromatic N) is 2. The van der Waals surface area contributed by atoms with Crippen molar-refractivity contribution in [2.24, 2.45) is 0 Å². The van der Waals surface area contributed by atoms with Crippen molar-refractivity contribution in [3.05, 3.63) is 71.0 Å². The second-order valence-electron chi connectivity index (χ2n) is 9.61. The summed E-state index contributed by atoms with van der Waals surface area (Å²) < 4.78 is 70.3. The third-order valence-electron chi connectivity index (χ3n) is 6.96. The number of rotatable bonds is 9. The average Bonchev–Trinajstić information content (AvgIpc) is 3.33. The van der Waals surface area contributed by atoms with Crippen LogP contribution in [0.3, 0.4) is 0 Å². The summed E-state index contributed by atoms with van der Waals surface area (Å²) in [6.07, 6.45) is -2.83. The lowest BCUT2D eigenvalue weighted by Gasteiger charge is -2.40. The zero-order valence-corrected chi connectivity index (χ0v) is 21.6. The van der Waals surface area contributed by atoms with Crippen LogP contribution in [-0.2, 0) is 26.8 Å². The van der Waals surface area contributed by atoms with Crippen LogP contribution in [0, 0.1) is 17.7 Å². The van der Waals surface area contributed by atoms with E-state index in [1.165, 1.54) is 0 Å². The molecule has 0 spiro atoms. The molecular weight excluding hydrogens is 500 g/mol. The van der Waals surface area contributed by atoms with Crippen molar-refractivity contribution < 1.29 is 31.8 Å². The SMILES string of the molecule is COC[C@@H]1CCCN1CC#CCN1CCOC(OCCc2cc(F)cc(C(F)(F)F)c2)C1c1ccccc1. The zero-order valence-electron chi connectivity index (χ0n) is 21.6. The smallest absolute Gasteiger partial charge is 0.383 e. The molecule has 5 nitrogen and oxygen atoms in total. The molecule has 38 heavy (non-hydrogen) atoms. The molecule has 0 aromatic heterocycles. The fraction of sp³-hybridized carbons (Fsp3) is 0.517. The van der Waals surface area contributed by atoms with Gasteiger partial charge in [0.05, 0.1) is 44.5 Å². The van der Waals surface area contributed by atoms with Crippen molar-refractivity contribution in [3.63, 3.8) is 0 Å². The first kappa shape index (κ1) is 28.5. The van der Waals surface area contributed by atoms with Gasteiger partial charge in [-0.15, -0.1) is 0 Å². The maximum absolute atomic E-state index is 13.8. The van der Waals surface area contributed by atoms with Crippen molar-refractivity contribution in [1.82, 2.24) is 9.80 Å². The lowest BCUT2D eigenvalue weighted by Crippen LogP contribution is -2.46. The number of likely N-dealkylation sites (tertiary alicyclic amines) is 1. The third kappa shape index (κ3) is 7.78. The number of hydrogen-bond donors (Lipinski definition) is 0. The van der Waals surface area contributed by atoms with Crippen LogP contribution in [0.4, 0.5) is 17.6 Å². The molecule has 2 aliphatic rings. The second kappa shape index (κ2) is 13.5. The summed E-state index contributed by atoms with van der Waals surface area (Å²) in [4.78, 5) is 4.56. The predicted octanol–water partition coefficient (Wildman–Crippen LogP) is 4.92. The summed E-state index contributed by atoms with van der Waals surface area (Å²) in [6, 6.07) is 12.6. The average molecular weight is 535 g/mol. The van der Waals surface area contributed by atoms with Crippen molar-refractivity contribution in [1.29, 1.82) is 0 Å². The first-order valence-corrected chi connectivity index (χ1v) is 12.9. The molecule has 9 heteroatoms. The molecule has 2 aromatic carbocycles. The van der Waals surface area contributed by atoms with Crippen LogP contribution in [0.5, 0.6) is 0 Å². The van der Waals surface area contributed by atoms with Crippen LogP contribution in [0.25, 0.3) is 0 Å². The number of ether oxygens (including phenoxy) is 3. The molecular formula is C29H34F4N2O3. The van der Waals surface area contributed by atoms with E-state index in [0.29, 0.717) is 45.0 Å². The van der Waals surface area contributed by atoms with Gasteiger partial charge in [-0.05, 0) is 55.1 Å². The minimum Gasteiger partial charge on any atom is -0.383 e. The maximum atomic E-state index is 13.8. The standard InChI is InChI=1S/C29H34F4N2O3/c1-36-21-26-10-7-14-34(26)12-5-6-13-35-15-17-38-28(27(35)23-8-3-2-4-9-23)37-16-11-22-18-24(29(31,32)33)20-25(30)19-22/h2-4,8-9,18-20,26-28H,7,10-17,21H2,1H3/t26-,27?,28?/m0/s1. The molecule has 0 N–H and O–H groups in total. The van der Waals surface area contributed by atoms with Gasteiger partial charge in [0.1, 0.15) is 5.82 Å². The number of morpholine rings is 1. The lowest BCUT2D eigenvalue weighted by atomic mass is 10.0. The van der Waals surface area contributed by atoms with Gasteiger partial charge in [0.15, 0.2) is 6.29 Å². The Hall–Kier alpha value is -2.48. The molecule has 2 fully saturated rings. The van der Waals surface area contributed by atoms with Crippen LogP contribution >= 0.6 is 0 Å². The summed E-state index contributed by atoms with van der Waals surface area (Å²) in [6.45, 7) is 4.17. The maximum Gasteiger partial charge on any atom is 0.416 e. The fourth-order valence-electron chi connectivity index (χ4n) is 5.07. The summed E-state index contributed by atoms with van der Waals surface area (Å²) in [5.74, 6) is 5.70. The quantitative estimate of drug-likeness (QED) is 0.337. The highest BCUT2D eigenvalue weighted by atomic mass is 19.4. The van der Waals surface area contributed by atoms with Crippen LogP contribution in [0.2, 0.25) is 0 Å². The lowest BCUT2D eigenvalue weighted by molar-refractivity contribution is -0.208. The van der Waals surface area contributed by atoms with E-state index >= 15 is 0 Å². The van der Waals surface area contributed by atoms with Gasteiger partial charge in [0.2, 0.25) is 0 Å². The monoisotopic (exact) mass is 534 g/mol. The van der Waals surface area contributed by atoms with Crippen LogP contribution in [0.1, 0.15) is 35.6 Å². The number of methoxy groups -OCH3 is 1. The Labute approximate surface area is 221 Å². The molecule has 3 atom stereocenters. The molecule has 0 saturated carbocycles. The van der Waals surface area contributed by atoms with Crippen LogP contribution in [0.15, 0.2) is 48.5 Å². The normalized spacial score (nSPS) is 22.8. The first-order chi connectivity index (χ1) is 18.3. The highest BCUT2D eigenvalue weighted by Gasteiger charge is 2.34. The third-order valence-corrected chi connectivity index (χ3v) is 6.96. The summed E-state index contributed by atoms with van der Waals surface area (Å²) in [5, 5.41) is 0. The minimum absolute atomic E-state index is 0.0874. The van der Waals surface area contributed by atoms with Crippen molar-refractivity contribution in [2.75, 3.05) is 53.1 Å². The van der Waals surface area contributed by atoms with Gasteiger partial charge < -0.3 is 14.2 Å². The number of alkyl halides is 3. The van der Waals surface area contributed by atoms with Crippen molar-refractivity contribution >= 4 is 0 Å². The predicted molar refractivity (Wildman–Crippen MR) is 136 cm³/mol. The van der Waals surface area contributed by atoms with E-state index in [1.807, 2.05) is 30.3 Å². The van der Waals surface area contributed by atoms with E-state index in [2.05, 4.69) is 21.6 Å². The van der Waals surface area contributed by atoms with Crippen LogP contribution < -0.4 is 0 Å². The van der Waals surface area contributed by atoms with E-state index in [-0.39, 0.29) is 24.6 Å². The molecule has 2 saturated heterocycles. The molecule has 0 amide bonds. The molecule has 2 aromatic rings. The molecule has 0 radical (unpaired) electrons. The van der Waals surface area contributed by atoms with Gasteiger partial charge in [-0.25, -0.2) is 4.39 Å². The van der Waals surface area contributed by atoms with E-state index in [1.54, 1.807) is 7.11 Å². The highest BCUT2D eigenvalue weighted by Crippen LogP contribution is 2.32. The Balaban J connectivity index is 1.40. The van der Waals surface area contributed by atoms with E-state index in [4.69, 9.17) is 14.2 Å². The van der Waals surface area contributed by atoms with Crippen molar-refractivity contribution in [3.8, 4) is 11.8 Å². The van der Waals surface area contributed by atoms with Crippen LogP contribution in [-0.4, -0.2) is 75.2 Å². The van der Waals surface area contributed by atoms with Gasteiger partial charge in [0.25, 0.3) is 0 Å². The Bertz CT molecular complexity index is 1090. The van der Waals surface area contributed by atoms with E-state index in [0.717, 1.165) is 37.1 Å². The first-order valence-electron chi connectivity index (χ1n) is 12.9. The highest BCUT2D eigenvalue weighted by molar-refractivity contribution is 5.27. The Morgan fingerprint density at radius 2 is 1.79 bits per heavy atom. The van der Waals surface area contributed by atoms with E-state index in [9.17, 15) is 17.6 Å². The van der Waals surface area contributed by atoms with Gasteiger partial charge in [-0.3, -0.25) is 9.80 Å². The molecule has 4 rings (SSSR count). The second-order valence-corrected chi connectivity index (χ2v) is 9.61. The fourth-order valence-corrected chi connectivity index (χ4v) is 5.07. The summed E-state index contributed by atoms with van der Waals surface area (Å²) in [7, 11) is 1.72. The Kier molecular flexibility index (Phi) is 10.2. The van der Waals surface area contributed by atoms with Gasteiger partial charge in [0, 0.05) is 19.7 Å². The topological polar surface area (TPSA) is 34.2 Å².